The highest BCUT2D eigenvalue weighted by molar-refractivity contribution is 6.31. The van der Waals surface area contributed by atoms with Crippen LogP contribution in [0.25, 0.3) is 10.9 Å². The van der Waals surface area contributed by atoms with Gasteiger partial charge in [0.1, 0.15) is 6.42 Å². The fourth-order valence-corrected chi connectivity index (χ4v) is 1.83. The van der Waals surface area contributed by atoms with Crippen LogP contribution >= 0.6 is 11.6 Å². The maximum Gasteiger partial charge on any atom is 0.313 e. The number of carbonyl (C=O) groups excluding carboxylic acids is 2. The van der Waals surface area contributed by atoms with Crippen LogP contribution in [0.2, 0.25) is 5.02 Å². The van der Waals surface area contributed by atoms with Crippen LogP contribution in [0, 0.1) is 0 Å². The molecule has 0 atom stereocenters. The SMILES string of the molecule is COC(=O)CC(=O)c1ccnc2cc(Cl)ccc12. The third kappa shape index (κ3) is 2.49. The van der Waals surface area contributed by atoms with Crippen molar-refractivity contribution in [2.24, 2.45) is 0 Å². The van der Waals surface area contributed by atoms with Crippen LogP contribution in [0.15, 0.2) is 30.5 Å². The normalized spacial score (nSPS) is 10.3. The smallest absolute Gasteiger partial charge is 0.313 e. The van der Waals surface area contributed by atoms with Crippen molar-refractivity contribution in [2.75, 3.05) is 7.11 Å². The van der Waals surface area contributed by atoms with Crippen LogP contribution in [-0.4, -0.2) is 23.8 Å². The van der Waals surface area contributed by atoms with Gasteiger partial charge in [0, 0.05) is 22.2 Å². The molecule has 2 aromatic rings. The Kier molecular flexibility index (Phi) is 3.58. The number of aromatic nitrogens is 1. The topological polar surface area (TPSA) is 56.3 Å². The Morgan fingerprint density at radius 1 is 1.33 bits per heavy atom. The maximum atomic E-state index is 12.0. The second-order valence-electron chi connectivity index (χ2n) is 3.70. The van der Waals surface area contributed by atoms with E-state index in [9.17, 15) is 9.59 Å². The van der Waals surface area contributed by atoms with Crippen molar-refractivity contribution in [3.8, 4) is 0 Å². The fourth-order valence-electron chi connectivity index (χ4n) is 1.66. The molecule has 92 valence electrons. The standard InChI is InChI=1S/C13H10ClNO3/c1-18-13(17)7-12(16)10-4-5-15-11-6-8(14)2-3-9(10)11/h2-6H,7H2,1H3. The van der Waals surface area contributed by atoms with E-state index in [0.717, 1.165) is 0 Å². The number of esters is 1. The molecule has 0 saturated carbocycles. The first kappa shape index (κ1) is 12.5. The predicted octanol–water partition coefficient (Wildman–Crippen LogP) is 2.63. The average Bonchev–Trinajstić information content (AvgIpc) is 2.37. The predicted molar refractivity (Wildman–Crippen MR) is 67.7 cm³/mol. The van der Waals surface area contributed by atoms with Crippen molar-refractivity contribution in [1.29, 1.82) is 0 Å². The second kappa shape index (κ2) is 5.14. The van der Waals surface area contributed by atoms with Crippen LogP contribution in [-0.2, 0) is 9.53 Å². The highest BCUT2D eigenvalue weighted by Crippen LogP contribution is 2.21. The number of methoxy groups -OCH3 is 1. The van der Waals surface area contributed by atoms with E-state index in [1.54, 1.807) is 24.3 Å². The monoisotopic (exact) mass is 263 g/mol. The summed E-state index contributed by atoms with van der Waals surface area (Å²) in [6.45, 7) is 0. The number of benzene rings is 1. The van der Waals surface area contributed by atoms with E-state index in [1.165, 1.54) is 13.3 Å². The third-order valence-corrected chi connectivity index (χ3v) is 2.77. The third-order valence-electron chi connectivity index (χ3n) is 2.54. The molecule has 18 heavy (non-hydrogen) atoms. The van der Waals surface area contributed by atoms with Crippen molar-refractivity contribution in [3.63, 3.8) is 0 Å². The van der Waals surface area contributed by atoms with Gasteiger partial charge in [0.05, 0.1) is 12.6 Å². The second-order valence-corrected chi connectivity index (χ2v) is 4.13. The number of ether oxygens (including phenoxy) is 1. The molecule has 1 aromatic carbocycles. The Morgan fingerprint density at radius 2 is 2.11 bits per heavy atom. The summed E-state index contributed by atoms with van der Waals surface area (Å²) >= 11 is 5.86. The van der Waals surface area contributed by atoms with E-state index in [1.807, 2.05) is 0 Å². The number of Topliss-reactive ketones (excluding diaryl/α,β-unsaturated/α-hetero) is 1. The van der Waals surface area contributed by atoms with E-state index in [0.29, 0.717) is 21.5 Å². The summed E-state index contributed by atoms with van der Waals surface area (Å²) in [6.07, 6.45) is 1.24. The molecule has 5 heteroatoms. The molecule has 0 fully saturated rings. The molecule has 0 aliphatic rings. The van der Waals surface area contributed by atoms with E-state index in [-0.39, 0.29) is 12.2 Å². The quantitative estimate of drug-likeness (QED) is 0.485. The molecular formula is C13H10ClNO3. The van der Waals surface area contributed by atoms with Gasteiger partial charge in [-0.15, -0.1) is 0 Å². The number of pyridine rings is 1. The van der Waals surface area contributed by atoms with Gasteiger partial charge in [0.2, 0.25) is 0 Å². The number of halogens is 1. The van der Waals surface area contributed by atoms with E-state index in [4.69, 9.17) is 11.6 Å². The van der Waals surface area contributed by atoms with Gasteiger partial charge in [0.25, 0.3) is 0 Å². The van der Waals surface area contributed by atoms with Crippen molar-refractivity contribution < 1.29 is 14.3 Å². The Hall–Kier alpha value is -1.94. The summed E-state index contributed by atoms with van der Waals surface area (Å²) in [7, 11) is 1.25. The zero-order valence-corrected chi connectivity index (χ0v) is 10.4. The van der Waals surface area contributed by atoms with E-state index in [2.05, 4.69) is 9.72 Å². The molecule has 0 aliphatic carbocycles. The van der Waals surface area contributed by atoms with Crippen LogP contribution in [0.5, 0.6) is 0 Å². The van der Waals surface area contributed by atoms with Gasteiger partial charge in [-0.3, -0.25) is 14.6 Å². The van der Waals surface area contributed by atoms with E-state index < -0.39 is 5.97 Å². The molecule has 0 amide bonds. The van der Waals surface area contributed by atoms with Crippen LogP contribution < -0.4 is 0 Å². The van der Waals surface area contributed by atoms with Gasteiger partial charge in [0.15, 0.2) is 5.78 Å². The minimum atomic E-state index is -0.557. The van der Waals surface area contributed by atoms with Gasteiger partial charge in [-0.25, -0.2) is 0 Å². The zero-order valence-electron chi connectivity index (χ0n) is 9.64. The van der Waals surface area contributed by atoms with Gasteiger partial charge in [-0.1, -0.05) is 17.7 Å². The molecule has 0 unspecified atom stereocenters. The molecular weight excluding hydrogens is 254 g/mol. The number of carbonyl (C=O) groups is 2. The molecule has 0 bridgehead atoms. The lowest BCUT2D eigenvalue weighted by Gasteiger charge is -2.04. The van der Waals surface area contributed by atoms with Crippen molar-refractivity contribution in [1.82, 2.24) is 4.98 Å². The summed E-state index contributed by atoms with van der Waals surface area (Å²) in [4.78, 5) is 27.2. The Balaban J connectivity index is 2.45. The number of nitrogens with zero attached hydrogens (tertiary/aromatic N) is 1. The Labute approximate surface area is 109 Å². The van der Waals surface area contributed by atoms with Gasteiger partial charge < -0.3 is 4.74 Å². The Morgan fingerprint density at radius 3 is 2.83 bits per heavy atom. The molecule has 0 N–H and O–H groups in total. The van der Waals surface area contributed by atoms with Crippen molar-refractivity contribution >= 4 is 34.3 Å². The largest absolute Gasteiger partial charge is 0.469 e. The van der Waals surface area contributed by atoms with Crippen molar-refractivity contribution in [2.45, 2.75) is 6.42 Å². The summed E-state index contributed by atoms with van der Waals surface area (Å²) in [6, 6.07) is 6.66. The summed E-state index contributed by atoms with van der Waals surface area (Å²) in [5.74, 6) is -0.851. The molecule has 1 aromatic heterocycles. The lowest BCUT2D eigenvalue weighted by Crippen LogP contribution is -2.10. The molecule has 1 heterocycles. The lowest BCUT2D eigenvalue weighted by molar-refractivity contribution is -0.139. The van der Waals surface area contributed by atoms with Crippen LogP contribution in [0.1, 0.15) is 16.8 Å². The molecule has 4 nitrogen and oxygen atoms in total. The summed E-state index contributed by atoms with van der Waals surface area (Å²) < 4.78 is 4.48. The molecule has 2 rings (SSSR count). The lowest BCUT2D eigenvalue weighted by atomic mass is 10.0. The first-order valence-electron chi connectivity index (χ1n) is 5.26. The molecule has 0 aliphatic heterocycles. The van der Waals surface area contributed by atoms with Gasteiger partial charge in [-0.2, -0.15) is 0 Å². The number of hydrogen-bond acceptors (Lipinski definition) is 4. The number of ketones is 1. The van der Waals surface area contributed by atoms with Crippen molar-refractivity contribution in [3.05, 3.63) is 41.0 Å². The maximum absolute atomic E-state index is 12.0. The van der Waals surface area contributed by atoms with Crippen LogP contribution in [0.4, 0.5) is 0 Å². The van der Waals surface area contributed by atoms with Gasteiger partial charge >= 0.3 is 5.97 Å². The molecule has 0 spiro atoms. The molecule has 0 saturated heterocycles. The van der Waals surface area contributed by atoms with Crippen LogP contribution in [0.3, 0.4) is 0 Å². The minimum Gasteiger partial charge on any atom is -0.469 e. The highest BCUT2D eigenvalue weighted by atomic mass is 35.5. The summed E-state index contributed by atoms with van der Waals surface area (Å²) in [5.41, 5.74) is 1.07. The number of hydrogen-bond donors (Lipinski definition) is 0. The van der Waals surface area contributed by atoms with Gasteiger partial charge in [-0.05, 0) is 18.2 Å². The number of fused-ring (bicyclic) bond motifs is 1. The first-order valence-corrected chi connectivity index (χ1v) is 5.64. The minimum absolute atomic E-state index is 0.280. The number of rotatable bonds is 3. The average molecular weight is 264 g/mol. The fraction of sp³-hybridized carbons (Fsp3) is 0.154. The highest BCUT2D eigenvalue weighted by Gasteiger charge is 2.15. The Bertz CT molecular complexity index is 625. The molecule has 0 radical (unpaired) electrons. The van der Waals surface area contributed by atoms with E-state index >= 15 is 0 Å². The zero-order chi connectivity index (χ0) is 13.1. The summed E-state index contributed by atoms with van der Waals surface area (Å²) in [5, 5.41) is 1.23. The first-order chi connectivity index (χ1) is 8.61.